The lowest BCUT2D eigenvalue weighted by Crippen LogP contribution is -2.49. The van der Waals surface area contributed by atoms with Crippen LogP contribution in [0.25, 0.3) is 4.85 Å². The standard InChI is InChI=1S/C27H26Cl2N4O3/c1-30-22-8-4-19(5-9-22)25(31-35)17-32-12-13-33(27(18-32)20-2-6-21(28)7-3-20)26-11-10-23(16-24(26)29)36-15-14-34/h2-11,16,25,27,34H,12-15,17-18H2/t25?,27-/m0/s1. The van der Waals surface area contributed by atoms with Crippen molar-refractivity contribution in [2.24, 2.45) is 5.18 Å². The van der Waals surface area contributed by atoms with Crippen molar-refractivity contribution in [2.75, 3.05) is 44.3 Å². The first-order valence-corrected chi connectivity index (χ1v) is 12.4. The highest BCUT2D eigenvalue weighted by atomic mass is 35.5. The normalized spacial score (nSPS) is 16.8. The highest BCUT2D eigenvalue weighted by Gasteiger charge is 2.31. The molecule has 1 aliphatic heterocycles. The number of anilines is 1. The van der Waals surface area contributed by atoms with E-state index in [1.54, 1.807) is 30.3 Å². The van der Waals surface area contributed by atoms with Gasteiger partial charge in [0.05, 0.1) is 29.9 Å². The van der Waals surface area contributed by atoms with Crippen molar-refractivity contribution in [1.29, 1.82) is 0 Å². The third kappa shape index (κ3) is 6.15. The second kappa shape index (κ2) is 12.2. The molecule has 0 amide bonds. The Bertz CT molecular complexity index is 1220. The van der Waals surface area contributed by atoms with Crippen molar-refractivity contribution < 1.29 is 9.84 Å². The molecule has 1 saturated heterocycles. The Morgan fingerprint density at radius 3 is 2.47 bits per heavy atom. The Balaban J connectivity index is 1.57. The van der Waals surface area contributed by atoms with Crippen LogP contribution >= 0.6 is 23.2 Å². The van der Waals surface area contributed by atoms with Gasteiger partial charge in [0.15, 0.2) is 5.69 Å². The van der Waals surface area contributed by atoms with Crippen LogP contribution in [0.1, 0.15) is 23.2 Å². The summed E-state index contributed by atoms with van der Waals surface area (Å²) >= 11 is 12.8. The monoisotopic (exact) mass is 524 g/mol. The predicted molar refractivity (Wildman–Crippen MR) is 143 cm³/mol. The fourth-order valence-electron chi connectivity index (χ4n) is 4.45. The molecule has 1 N–H and O–H groups in total. The smallest absolute Gasteiger partial charge is 0.187 e. The number of hydrogen-bond acceptors (Lipinski definition) is 6. The Morgan fingerprint density at radius 1 is 1.08 bits per heavy atom. The van der Waals surface area contributed by atoms with Gasteiger partial charge in [0.1, 0.15) is 18.4 Å². The highest BCUT2D eigenvalue weighted by molar-refractivity contribution is 6.33. The third-order valence-corrected chi connectivity index (χ3v) is 6.83. The zero-order valence-electron chi connectivity index (χ0n) is 19.6. The number of hydrogen-bond donors (Lipinski definition) is 1. The van der Waals surface area contributed by atoms with Gasteiger partial charge in [-0.05, 0) is 35.4 Å². The van der Waals surface area contributed by atoms with E-state index in [-0.39, 0.29) is 19.3 Å². The van der Waals surface area contributed by atoms with E-state index in [0.29, 0.717) is 41.1 Å². The molecule has 7 nitrogen and oxygen atoms in total. The van der Waals surface area contributed by atoms with Crippen LogP contribution in [-0.2, 0) is 0 Å². The molecule has 0 saturated carbocycles. The van der Waals surface area contributed by atoms with Gasteiger partial charge in [0.2, 0.25) is 0 Å². The van der Waals surface area contributed by atoms with Crippen LogP contribution in [0.2, 0.25) is 10.0 Å². The molecule has 36 heavy (non-hydrogen) atoms. The third-order valence-electron chi connectivity index (χ3n) is 6.27. The summed E-state index contributed by atoms with van der Waals surface area (Å²) in [6.07, 6.45) is 0. The zero-order chi connectivity index (χ0) is 25.5. The van der Waals surface area contributed by atoms with Crippen molar-refractivity contribution >= 4 is 34.6 Å². The molecule has 1 unspecified atom stereocenters. The maximum absolute atomic E-state index is 11.8. The summed E-state index contributed by atoms with van der Waals surface area (Å²) in [5.74, 6) is 0.601. The Morgan fingerprint density at radius 2 is 1.83 bits per heavy atom. The molecule has 2 atom stereocenters. The van der Waals surface area contributed by atoms with Gasteiger partial charge in [0, 0.05) is 37.3 Å². The highest BCUT2D eigenvalue weighted by Crippen LogP contribution is 2.38. The van der Waals surface area contributed by atoms with Gasteiger partial charge in [-0.1, -0.05) is 64.8 Å². The van der Waals surface area contributed by atoms with Crippen LogP contribution < -0.4 is 9.64 Å². The topological polar surface area (TPSA) is 69.7 Å². The van der Waals surface area contributed by atoms with Gasteiger partial charge in [-0.15, -0.1) is 0 Å². The quantitative estimate of drug-likeness (QED) is 0.263. The molecule has 0 aliphatic carbocycles. The number of nitroso groups, excluding NO2 is 1. The van der Waals surface area contributed by atoms with Crippen LogP contribution in [0.15, 0.2) is 71.9 Å². The number of nitrogens with zero attached hydrogens (tertiary/aromatic N) is 4. The molecule has 0 radical (unpaired) electrons. The SMILES string of the molecule is [C-]#[N+]c1ccc(C(CN2CCN(c3ccc(OCCO)cc3Cl)[C@H](c3ccc(Cl)cc3)C2)N=O)cc1. The minimum Gasteiger partial charge on any atom is -0.491 e. The lowest BCUT2D eigenvalue weighted by atomic mass is 10.00. The molecule has 1 fully saturated rings. The fourth-order valence-corrected chi connectivity index (χ4v) is 4.86. The zero-order valence-corrected chi connectivity index (χ0v) is 21.1. The van der Waals surface area contributed by atoms with Crippen LogP contribution in [0.3, 0.4) is 0 Å². The molecule has 0 spiro atoms. The summed E-state index contributed by atoms with van der Waals surface area (Å²) in [4.78, 5) is 19.7. The Labute approximate surface area is 220 Å². The van der Waals surface area contributed by atoms with Gasteiger partial charge in [-0.2, -0.15) is 4.91 Å². The summed E-state index contributed by atoms with van der Waals surface area (Å²) in [7, 11) is 0. The van der Waals surface area contributed by atoms with Crippen molar-refractivity contribution in [1.82, 2.24) is 4.90 Å². The van der Waals surface area contributed by atoms with E-state index in [0.717, 1.165) is 23.4 Å². The molecular weight excluding hydrogens is 499 g/mol. The second-order valence-corrected chi connectivity index (χ2v) is 9.37. The van der Waals surface area contributed by atoms with E-state index in [2.05, 4.69) is 19.8 Å². The van der Waals surface area contributed by atoms with E-state index >= 15 is 0 Å². The van der Waals surface area contributed by atoms with Crippen LogP contribution in [0.5, 0.6) is 5.75 Å². The molecule has 1 heterocycles. The van der Waals surface area contributed by atoms with Crippen molar-refractivity contribution in [3.63, 3.8) is 0 Å². The first-order chi connectivity index (χ1) is 17.5. The average molecular weight is 525 g/mol. The van der Waals surface area contributed by atoms with Crippen LogP contribution in [-0.4, -0.2) is 49.4 Å². The molecule has 1 aliphatic rings. The molecule has 3 aromatic carbocycles. The Hall–Kier alpha value is -3.15. The average Bonchev–Trinajstić information content (AvgIpc) is 2.91. The number of aliphatic hydroxyl groups excluding tert-OH is 1. The van der Waals surface area contributed by atoms with Crippen molar-refractivity contribution in [3.8, 4) is 5.75 Å². The number of rotatable bonds is 9. The van der Waals surface area contributed by atoms with Gasteiger partial charge in [-0.3, -0.25) is 4.90 Å². The maximum atomic E-state index is 11.8. The molecule has 186 valence electrons. The minimum atomic E-state index is -0.534. The number of piperazine rings is 1. The number of halogens is 2. The summed E-state index contributed by atoms with van der Waals surface area (Å²) in [6.45, 7) is 9.80. The Kier molecular flexibility index (Phi) is 8.79. The van der Waals surface area contributed by atoms with E-state index in [1.807, 2.05) is 36.4 Å². The lowest BCUT2D eigenvalue weighted by Gasteiger charge is -2.44. The number of aliphatic hydroxyl groups is 1. The molecular formula is C27H26Cl2N4O3. The second-order valence-electron chi connectivity index (χ2n) is 8.53. The molecule has 4 rings (SSSR count). The summed E-state index contributed by atoms with van der Waals surface area (Å²) in [6, 6.07) is 19.8. The van der Waals surface area contributed by atoms with E-state index in [1.165, 1.54) is 0 Å². The summed E-state index contributed by atoms with van der Waals surface area (Å²) in [5.41, 5.74) is 3.29. The van der Waals surface area contributed by atoms with Crippen molar-refractivity contribution in [3.05, 3.63) is 104 Å². The van der Waals surface area contributed by atoms with Crippen molar-refractivity contribution in [2.45, 2.75) is 12.1 Å². The van der Waals surface area contributed by atoms with Gasteiger partial charge >= 0.3 is 0 Å². The van der Waals surface area contributed by atoms with E-state index < -0.39 is 6.04 Å². The molecule has 0 aromatic heterocycles. The first kappa shape index (κ1) is 25.9. The lowest BCUT2D eigenvalue weighted by molar-refractivity contribution is 0.201. The summed E-state index contributed by atoms with van der Waals surface area (Å²) in [5, 5.41) is 13.6. The van der Waals surface area contributed by atoms with Crippen LogP contribution in [0.4, 0.5) is 11.4 Å². The number of benzene rings is 3. The molecule has 0 bridgehead atoms. The van der Waals surface area contributed by atoms with Gasteiger partial charge in [0.25, 0.3) is 0 Å². The molecule has 9 heteroatoms. The molecule has 3 aromatic rings. The van der Waals surface area contributed by atoms with Gasteiger partial charge < -0.3 is 14.7 Å². The fraction of sp³-hybridized carbons (Fsp3) is 0.296. The van der Waals surface area contributed by atoms with Crippen LogP contribution in [0, 0.1) is 11.5 Å². The van der Waals surface area contributed by atoms with E-state index in [9.17, 15) is 4.91 Å². The minimum absolute atomic E-state index is 0.0329. The van der Waals surface area contributed by atoms with E-state index in [4.69, 9.17) is 39.6 Å². The summed E-state index contributed by atoms with van der Waals surface area (Å²) < 4.78 is 5.50. The van der Waals surface area contributed by atoms with Gasteiger partial charge in [-0.25, -0.2) is 4.85 Å². The largest absolute Gasteiger partial charge is 0.491 e. The predicted octanol–water partition coefficient (Wildman–Crippen LogP) is 6.29. The maximum Gasteiger partial charge on any atom is 0.187 e. The first-order valence-electron chi connectivity index (χ1n) is 11.6. The number of ether oxygens (including phenoxy) is 1.